The highest BCUT2D eigenvalue weighted by Crippen LogP contribution is 2.42. The molecule has 40 heavy (non-hydrogen) atoms. The zero-order valence-electron chi connectivity index (χ0n) is 22.9. The summed E-state index contributed by atoms with van der Waals surface area (Å²) >= 11 is 0. The molecule has 0 amide bonds. The van der Waals surface area contributed by atoms with Crippen LogP contribution in [0.3, 0.4) is 0 Å². The Morgan fingerprint density at radius 3 is 2.77 bits per heavy atom. The van der Waals surface area contributed by atoms with Gasteiger partial charge in [0.2, 0.25) is 0 Å². The molecular formula is C30H33N7O3. The molecule has 4 aromatic heterocycles. The van der Waals surface area contributed by atoms with E-state index >= 15 is 0 Å². The summed E-state index contributed by atoms with van der Waals surface area (Å²) in [4.78, 5) is 25.8. The van der Waals surface area contributed by atoms with Crippen molar-refractivity contribution in [1.29, 1.82) is 0 Å². The Hall–Kier alpha value is -3.86. The Labute approximate surface area is 231 Å². The number of nitrogens with zero attached hydrogens (tertiary/aromatic N) is 5. The number of fused-ring (bicyclic) bond motifs is 2. The summed E-state index contributed by atoms with van der Waals surface area (Å²) < 4.78 is 9.76. The number of aromatic nitrogens is 6. The van der Waals surface area contributed by atoms with Crippen LogP contribution in [0.25, 0.3) is 44.3 Å². The second kappa shape index (κ2) is 9.36. The average Bonchev–Trinajstić information content (AvgIpc) is 3.48. The third-order valence-corrected chi connectivity index (χ3v) is 7.88. The summed E-state index contributed by atoms with van der Waals surface area (Å²) in [5.41, 5.74) is 4.05. The summed E-state index contributed by atoms with van der Waals surface area (Å²) in [6, 6.07) is 8.33. The maximum atomic E-state index is 12.7. The molecule has 2 atom stereocenters. The van der Waals surface area contributed by atoms with E-state index in [1.54, 1.807) is 42.5 Å². The first-order valence-corrected chi connectivity index (χ1v) is 13.8. The molecule has 1 aromatic carbocycles. The molecule has 0 spiro atoms. The van der Waals surface area contributed by atoms with Gasteiger partial charge >= 0.3 is 0 Å². The molecule has 1 saturated carbocycles. The first-order valence-electron chi connectivity index (χ1n) is 13.8. The van der Waals surface area contributed by atoms with Crippen LogP contribution in [0.5, 0.6) is 0 Å². The van der Waals surface area contributed by atoms with Gasteiger partial charge in [-0.2, -0.15) is 5.10 Å². The molecule has 1 saturated heterocycles. The molecule has 2 fully saturated rings. The molecule has 3 N–H and O–H groups in total. The lowest BCUT2D eigenvalue weighted by Gasteiger charge is -2.33. The number of aryl methyl sites for hydroxylation is 1. The van der Waals surface area contributed by atoms with Crippen LogP contribution in [0, 0.1) is 5.92 Å². The van der Waals surface area contributed by atoms with Crippen LogP contribution in [0.2, 0.25) is 0 Å². The number of hydrogen-bond donors (Lipinski definition) is 3. The molecule has 10 heteroatoms. The molecule has 206 valence electrons. The molecule has 10 nitrogen and oxygen atoms in total. The number of benzene rings is 1. The van der Waals surface area contributed by atoms with Gasteiger partial charge in [0.25, 0.3) is 5.56 Å². The monoisotopic (exact) mass is 539 g/mol. The Morgan fingerprint density at radius 1 is 1.12 bits per heavy atom. The maximum absolute atomic E-state index is 12.7. The predicted molar refractivity (Wildman–Crippen MR) is 153 cm³/mol. The second-order valence-electron chi connectivity index (χ2n) is 11.7. The van der Waals surface area contributed by atoms with Gasteiger partial charge in [-0.25, -0.2) is 9.97 Å². The fourth-order valence-corrected chi connectivity index (χ4v) is 5.87. The van der Waals surface area contributed by atoms with Crippen molar-refractivity contribution in [3.63, 3.8) is 0 Å². The van der Waals surface area contributed by atoms with E-state index in [9.17, 15) is 9.90 Å². The first kappa shape index (κ1) is 25.1. The van der Waals surface area contributed by atoms with E-state index < -0.39 is 5.60 Å². The van der Waals surface area contributed by atoms with Gasteiger partial charge in [-0.3, -0.25) is 9.48 Å². The number of pyridine rings is 1. The molecule has 7 rings (SSSR count). The highest BCUT2D eigenvalue weighted by molar-refractivity contribution is 5.97. The molecule has 2 unspecified atom stereocenters. The van der Waals surface area contributed by atoms with Crippen molar-refractivity contribution in [3.05, 3.63) is 65.1 Å². The van der Waals surface area contributed by atoms with Gasteiger partial charge in [0.05, 0.1) is 41.7 Å². The van der Waals surface area contributed by atoms with Crippen molar-refractivity contribution in [1.82, 2.24) is 34.6 Å². The number of rotatable bonds is 6. The van der Waals surface area contributed by atoms with Gasteiger partial charge in [0.1, 0.15) is 11.6 Å². The summed E-state index contributed by atoms with van der Waals surface area (Å²) in [5, 5.41) is 20.2. The predicted octanol–water partition coefficient (Wildman–Crippen LogP) is 3.55. The smallest absolute Gasteiger partial charge is 0.274 e. The van der Waals surface area contributed by atoms with Gasteiger partial charge in [-0.1, -0.05) is 6.07 Å². The van der Waals surface area contributed by atoms with Gasteiger partial charge in [-0.15, -0.1) is 0 Å². The fourth-order valence-electron chi connectivity index (χ4n) is 5.87. The normalized spacial score (nSPS) is 20.0. The number of aliphatic hydroxyl groups is 1. The molecule has 5 aromatic rings. The van der Waals surface area contributed by atoms with E-state index in [0.29, 0.717) is 30.4 Å². The largest absolute Gasteiger partial charge is 0.389 e. The van der Waals surface area contributed by atoms with Crippen molar-refractivity contribution in [3.8, 4) is 22.5 Å². The summed E-state index contributed by atoms with van der Waals surface area (Å²) in [5.74, 6) is 1.15. The van der Waals surface area contributed by atoms with Crippen molar-refractivity contribution in [2.45, 2.75) is 51.0 Å². The summed E-state index contributed by atoms with van der Waals surface area (Å²) in [6.45, 7) is 5.32. The van der Waals surface area contributed by atoms with Crippen molar-refractivity contribution >= 4 is 21.8 Å². The maximum Gasteiger partial charge on any atom is 0.274 e. The third kappa shape index (κ3) is 4.51. The number of hydrogen-bond acceptors (Lipinski definition) is 7. The second-order valence-corrected chi connectivity index (χ2v) is 11.7. The minimum Gasteiger partial charge on any atom is -0.389 e. The van der Waals surface area contributed by atoms with Crippen LogP contribution in [-0.4, -0.2) is 59.2 Å². The minimum atomic E-state index is -0.889. The van der Waals surface area contributed by atoms with E-state index in [1.807, 2.05) is 30.6 Å². The van der Waals surface area contributed by atoms with Gasteiger partial charge in [-0.05, 0) is 56.4 Å². The quantitative estimate of drug-likeness (QED) is 0.302. The van der Waals surface area contributed by atoms with E-state index in [2.05, 4.69) is 21.5 Å². The van der Waals surface area contributed by atoms with Crippen LogP contribution in [0.1, 0.15) is 38.5 Å². The highest BCUT2D eigenvalue weighted by Gasteiger charge is 2.41. The van der Waals surface area contributed by atoms with E-state index in [-0.39, 0.29) is 17.7 Å². The van der Waals surface area contributed by atoms with Crippen LogP contribution < -0.4 is 10.9 Å². The Kier molecular flexibility index (Phi) is 5.88. The average molecular weight is 540 g/mol. The minimum absolute atomic E-state index is 0.0581. The highest BCUT2D eigenvalue weighted by atomic mass is 16.5. The molecule has 5 heterocycles. The fraction of sp³-hybridized carbons (Fsp3) is 0.400. The Balaban J connectivity index is 1.40. The van der Waals surface area contributed by atoms with Crippen LogP contribution in [0.4, 0.5) is 0 Å². The molecular weight excluding hydrogens is 506 g/mol. The van der Waals surface area contributed by atoms with Gasteiger partial charge < -0.3 is 24.7 Å². The summed E-state index contributed by atoms with van der Waals surface area (Å²) in [7, 11) is 1.77. The number of H-pyrrole nitrogens is 1. The van der Waals surface area contributed by atoms with Crippen molar-refractivity contribution in [2.24, 2.45) is 13.0 Å². The van der Waals surface area contributed by atoms with Crippen molar-refractivity contribution in [2.75, 3.05) is 13.2 Å². The first-order chi connectivity index (χ1) is 19.2. The lowest BCUT2D eigenvalue weighted by molar-refractivity contribution is -0.0133. The number of nitrogens with one attached hydrogen (secondary N) is 2. The van der Waals surface area contributed by atoms with Crippen LogP contribution >= 0.6 is 0 Å². The van der Waals surface area contributed by atoms with Gasteiger partial charge in [0, 0.05) is 54.6 Å². The SMILES string of the molecule is Cn1cc(-c2ccc3nc(-c4cnn(CC(C)(C)O)c4)nc(C4OCCNC4C4CC4)c3c2)c2cc[nH]c2c1=O. The summed E-state index contributed by atoms with van der Waals surface area (Å²) in [6.07, 6.45) is 9.48. The molecule has 2 aliphatic rings. The third-order valence-electron chi connectivity index (χ3n) is 7.88. The Bertz CT molecular complexity index is 1790. The van der Waals surface area contributed by atoms with Crippen LogP contribution in [-0.2, 0) is 18.3 Å². The lowest BCUT2D eigenvalue weighted by Crippen LogP contribution is -2.45. The van der Waals surface area contributed by atoms with Crippen LogP contribution in [0.15, 0.2) is 53.8 Å². The van der Waals surface area contributed by atoms with E-state index in [0.717, 1.165) is 45.2 Å². The zero-order chi connectivity index (χ0) is 27.6. The van der Waals surface area contributed by atoms with Gasteiger partial charge in [0.15, 0.2) is 5.82 Å². The number of morpholine rings is 1. The van der Waals surface area contributed by atoms with Crippen molar-refractivity contribution < 1.29 is 9.84 Å². The standard InChI is InChI=1S/C30H33N7O3/c1-30(2,39)16-37-14-19(13-33-37)28-34-23-7-6-18(22-15-36(3)29(38)26-20(22)8-9-31-26)12-21(23)25(35-28)27-24(17-4-5-17)32-10-11-40-27/h6-9,12-15,17,24,27,31-32,39H,4-5,10-11,16H2,1-3H3. The molecule has 1 aliphatic heterocycles. The number of ether oxygens (including phenoxy) is 1. The molecule has 1 aliphatic carbocycles. The van der Waals surface area contributed by atoms with E-state index in [4.69, 9.17) is 14.7 Å². The Morgan fingerprint density at radius 2 is 1.98 bits per heavy atom. The van der Waals surface area contributed by atoms with E-state index in [1.165, 1.54) is 12.8 Å². The molecule has 0 radical (unpaired) electrons. The molecule has 0 bridgehead atoms. The number of aromatic amines is 1. The lowest BCUT2D eigenvalue weighted by atomic mass is 9.95. The zero-order valence-corrected chi connectivity index (χ0v) is 22.9. The topological polar surface area (TPSA) is 123 Å².